The molecule has 0 saturated carbocycles. The van der Waals surface area contributed by atoms with Crippen LogP contribution < -0.4 is 5.11 Å². The van der Waals surface area contributed by atoms with Crippen LogP contribution in [-0.2, 0) is 28.6 Å². The first-order valence-electron chi connectivity index (χ1n) is 25.7. The maximum atomic E-state index is 12.8. The minimum absolute atomic E-state index is 0.0456. The molecule has 0 saturated heterocycles. The van der Waals surface area contributed by atoms with Crippen LogP contribution in [0.2, 0.25) is 0 Å². The third-order valence-corrected chi connectivity index (χ3v) is 11.9. The number of hydrogen-bond acceptors (Lipinski definition) is 7. The summed E-state index contributed by atoms with van der Waals surface area (Å²) in [6.07, 6.45) is 48.1. The summed E-state index contributed by atoms with van der Waals surface area (Å²) in [6, 6.07) is -0.722. The van der Waals surface area contributed by atoms with Crippen molar-refractivity contribution in [2.75, 3.05) is 41.0 Å². The molecule has 354 valence electrons. The van der Waals surface area contributed by atoms with Crippen LogP contribution in [0.5, 0.6) is 0 Å². The predicted molar refractivity (Wildman–Crippen MR) is 250 cm³/mol. The van der Waals surface area contributed by atoms with Gasteiger partial charge in [-0.25, -0.2) is 0 Å². The molecule has 0 aromatic heterocycles. The van der Waals surface area contributed by atoms with Crippen LogP contribution in [0.3, 0.4) is 0 Å². The Bertz CT molecular complexity index is 993. The third-order valence-electron chi connectivity index (χ3n) is 11.9. The van der Waals surface area contributed by atoms with E-state index in [-0.39, 0.29) is 42.7 Å². The SMILES string of the molecule is CCCCCCCCCCCC/C=C/CCCCCCCCCC(=O)OCC(COCCC(C(=O)[O-])[N+](C)(C)C)OC(=O)CCCCCCCCCCCCCCCCC. The first-order valence-corrected chi connectivity index (χ1v) is 25.7. The van der Waals surface area contributed by atoms with Gasteiger partial charge >= 0.3 is 11.9 Å². The number of quaternary nitrogens is 1. The lowest BCUT2D eigenvalue weighted by molar-refractivity contribution is -0.889. The number of ether oxygens (including phenoxy) is 3. The first-order chi connectivity index (χ1) is 29.1. The van der Waals surface area contributed by atoms with E-state index < -0.39 is 18.1 Å². The number of carboxylic acid groups (broad SMARTS) is 1. The molecule has 0 bridgehead atoms. The van der Waals surface area contributed by atoms with Gasteiger partial charge in [0, 0.05) is 19.3 Å². The average Bonchev–Trinajstić information content (AvgIpc) is 3.21. The molecule has 2 unspecified atom stereocenters. The van der Waals surface area contributed by atoms with E-state index in [4.69, 9.17) is 14.2 Å². The zero-order valence-corrected chi connectivity index (χ0v) is 40.4. The highest BCUT2D eigenvalue weighted by atomic mass is 16.6. The number of carbonyl (C=O) groups excluding carboxylic acids is 3. The van der Waals surface area contributed by atoms with Gasteiger partial charge in [0.2, 0.25) is 0 Å². The molecule has 8 heteroatoms. The van der Waals surface area contributed by atoms with Crippen molar-refractivity contribution in [3.8, 4) is 0 Å². The molecular formula is C52H99NO7. The number of nitrogens with zero attached hydrogens (tertiary/aromatic N) is 1. The fourth-order valence-corrected chi connectivity index (χ4v) is 7.89. The fraction of sp³-hybridized carbons (Fsp3) is 0.904. The monoisotopic (exact) mass is 850 g/mol. The van der Waals surface area contributed by atoms with Gasteiger partial charge in [0.15, 0.2) is 6.10 Å². The van der Waals surface area contributed by atoms with Crippen LogP contribution in [-0.4, -0.2) is 75.5 Å². The van der Waals surface area contributed by atoms with E-state index in [2.05, 4.69) is 26.0 Å². The van der Waals surface area contributed by atoms with Gasteiger partial charge in [-0.1, -0.05) is 206 Å². The summed E-state index contributed by atoms with van der Waals surface area (Å²) in [5.74, 6) is -1.72. The van der Waals surface area contributed by atoms with Crippen LogP contribution in [0.4, 0.5) is 0 Å². The highest BCUT2D eigenvalue weighted by Gasteiger charge is 2.25. The Kier molecular flexibility index (Phi) is 42.3. The molecule has 60 heavy (non-hydrogen) atoms. The molecule has 0 amide bonds. The number of carbonyl (C=O) groups is 3. The molecule has 0 heterocycles. The zero-order chi connectivity index (χ0) is 44.2. The Morgan fingerprint density at radius 3 is 1.20 bits per heavy atom. The number of unbranched alkanes of at least 4 members (excludes halogenated alkanes) is 31. The van der Waals surface area contributed by atoms with Gasteiger partial charge in [-0.05, 0) is 38.5 Å². The van der Waals surface area contributed by atoms with Crippen molar-refractivity contribution in [3.63, 3.8) is 0 Å². The number of carboxylic acids is 1. The molecule has 0 aliphatic heterocycles. The highest BCUT2D eigenvalue weighted by molar-refractivity contribution is 5.70. The summed E-state index contributed by atoms with van der Waals surface area (Å²) in [5, 5.41) is 11.7. The van der Waals surface area contributed by atoms with Gasteiger partial charge in [0.05, 0.1) is 40.3 Å². The lowest BCUT2D eigenvalue weighted by Gasteiger charge is -2.34. The molecule has 0 radical (unpaired) electrons. The molecule has 0 aromatic carbocycles. The molecule has 8 nitrogen and oxygen atoms in total. The van der Waals surface area contributed by atoms with Crippen molar-refractivity contribution in [1.29, 1.82) is 0 Å². The fourth-order valence-electron chi connectivity index (χ4n) is 7.89. The van der Waals surface area contributed by atoms with Crippen molar-refractivity contribution in [2.45, 2.75) is 264 Å². The zero-order valence-electron chi connectivity index (χ0n) is 40.4. The van der Waals surface area contributed by atoms with Crippen LogP contribution in [0, 0.1) is 0 Å². The van der Waals surface area contributed by atoms with Gasteiger partial charge in [-0.3, -0.25) is 9.59 Å². The molecule has 0 aliphatic carbocycles. The van der Waals surface area contributed by atoms with E-state index in [1.165, 1.54) is 180 Å². The summed E-state index contributed by atoms with van der Waals surface area (Å²) < 4.78 is 17.2. The second-order valence-electron chi connectivity index (χ2n) is 18.8. The average molecular weight is 850 g/mol. The van der Waals surface area contributed by atoms with Crippen LogP contribution >= 0.6 is 0 Å². The van der Waals surface area contributed by atoms with Crippen molar-refractivity contribution < 1.29 is 38.2 Å². The number of rotatable bonds is 47. The first kappa shape index (κ1) is 58.1. The van der Waals surface area contributed by atoms with Crippen molar-refractivity contribution in [1.82, 2.24) is 0 Å². The van der Waals surface area contributed by atoms with Crippen molar-refractivity contribution in [2.24, 2.45) is 0 Å². The smallest absolute Gasteiger partial charge is 0.306 e. The number of allylic oxidation sites excluding steroid dienone is 2. The van der Waals surface area contributed by atoms with E-state index in [0.717, 1.165) is 38.5 Å². The summed E-state index contributed by atoms with van der Waals surface area (Å²) in [6.45, 7) is 4.70. The number of hydrogen-bond donors (Lipinski definition) is 0. The van der Waals surface area contributed by atoms with Crippen molar-refractivity contribution >= 4 is 17.9 Å². The molecule has 0 spiro atoms. The summed E-state index contributed by atoms with van der Waals surface area (Å²) in [4.78, 5) is 37.0. The molecule has 0 rings (SSSR count). The standard InChI is InChI=1S/C52H99NO7/c1-6-8-10-12-14-16-18-20-22-23-24-25-26-27-29-30-32-34-36-38-40-42-50(54)59-47-48(46-58-45-44-49(52(56)57)53(3,4)5)60-51(55)43-41-39-37-35-33-31-28-21-19-17-15-13-11-9-7-2/h25-26,48-49H,6-24,27-47H2,1-5H3/b26-25+. The van der Waals surface area contributed by atoms with Gasteiger partial charge in [-0.15, -0.1) is 0 Å². The molecule has 0 N–H and O–H groups in total. The minimum atomic E-state index is -1.12. The van der Waals surface area contributed by atoms with Crippen LogP contribution in [0.15, 0.2) is 12.2 Å². The van der Waals surface area contributed by atoms with Crippen molar-refractivity contribution in [3.05, 3.63) is 12.2 Å². The number of aliphatic carboxylic acids is 1. The van der Waals surface area contributed by atoms with Gasteiger partial charge in [0.1, 0.15) is 12.6 Å². The Morgan fingerprint density at radius 2 is 0.833 bits per heavy atom. The summed E-state index contributed by atoms with van der Waals surface area (Å²) in [5.41, 5.74) is 0. The van der Waals surface area contributed by atoms with Gasteiger partial charge in [0.25, 0.3) is 0 Å². The Labute approximate surface area is 371 Å². The van der Waals surface area contributed by atoms with Crippen LogP contribution in [0.1, 0.15) is 251 Å². The minimum Gasteiger partial charge on any atom is -0.544 e. The lowest BCUT2D eigenvalue weighted by Crippen LogP contribution is -2.55. The largest absolute Gasteiger partial charge is 0.544 e. The Morgan fingerprint density at radius 1 is 0.483 bits per heavy atom. The second-order valence-corrected chi connectivity index (χ2v) is 18.8. The maximum absolute atomic E-state index is 12.8. The van der Waals surface area contributed by atoms with E-state index in [1.807, 2.05) is 21.1 Å². The van der Waals surface area contributed by atoms with E-state index in [0.29, 0.717) is 12.8 Å². The number of likely N-dealkylation sites (N-methyl/N-ethyl adjacent to an activating group) is 1. The van der Waals surface area contributed by atoms with Crippen LogP contribution in [0.25, 0.3) is 0 Å². The number of esters is 2. The second kappa shape index (κ2) is 43.7. The molecule has 0 fully saturated rings. The topological polar surface area (TPSA) is 102 Å². The lowest BCUT2D eigenvalue weighted by atomic mass is 10.0. The summed E-state index contributed by atoms with van der Waals surface area (Å²) >= 11 is 0. The molecule has 2 atom stereocenters. The molecular weight excluding hydrogens is 751 g/mol. The predicted octanol–water partition coefficient (Wildman–Crippen LogP) is 13.3. The molecule has 0 aromatic rings. The Balaban J connectivity index is 4.20. The van der Waals surface area contributed by atoms with E-state index >= 15 is 0 Å². The van der Waals surface area contributed by atoms with E-state index in [1.54, 1.807) is 0 Å². The quantitative estimate of drug-likeness (QED) is 0.0260. The molecule has 0 aliphatic rings. The maximum Gasteiger partial charge on any atom is 0.306 e. The van der Waals surface area contributed by atoms with Gasteiger partial charge < -0.3 is 28.6 Å². The van der Waals surface area contributed by atoms with Gasteiger partial charge in [-0.2, -0.15) is 0 Å². The third kappa shape index (κ3) is 41.4. The Hall–Kier alpha value is -1.93. The normalized spacial score (nSPS) is 12.9. The summed E-state index contributed by atoms with van der Waals surface area (Å²) in [7, 11) is 5.42. The highest BCUT2D eigenvalue weighted by Crippen LogP contribution is 2.16. The van der Waals surface area contributed by atoms with E-state index in [9.17, 15) is 19.5 Å².